The Labute approximate surface area is 165 Å². The van der Waals surface area contributed by atoms with E-state index >= 15 is 0 Å². The molecule has 2 aromatic rings. The molecule has 2 fully saturated rings. The number of piperidine rings is 1. The fourth-order valence-corrected chi connectivity index (χ4v) is 4.23. The van der Waals surface area contributed by atoms with E-state index in [4.69, 9.17) is 4.74 Å². The molecule has 148 valence electrons. The zero-order valence-electron chi connectivity index (χ0n) is 16.1. The van der Waals surface area contributed by atoms with Gasteiger partial charge in [0.15, 0.2) is 0 Å². The first kappa shape index (κ1) is 18.9. The van der Waals surface area contributed by atoms with Crippen molar-refractivity contribution in [3.63, 3.8) is 0 Å². The Balaban J connectivity index is 1.68. The first-order valence-corrected chi connectivity index (χ1v) is 10.2. The Morgan fingerprint density at radius 1 is 1.00 bits per heavy atom. The number of hydrogen-bond donors (Lipinski definition) is 0. The number of anilines is 1. The van der Waals surface area contributed by atoms with Crippen LogP contribution in [0.5, 0.6) is 0 Å². The number of nitro benzene ring substituents is 1. The van der Waals surface area contributed by atoms with Crippen LogP contribution < -0.4 is 4.90 Å². The molecule has 0 radical (unpaired) electrons. The molecule has 4 rings (SSSR count). The van der Waals surface area contributed by atoms with Crippen LogP contribution in [0, 0.1) is 10.1 Å². The van der Waals surface area contributed by atoms with Gasteiger partial charge in [0, 0.05) is 49.6 Å². The van der Waals surface area contributed by atoms with E-state index in [2.05, 4.69) is 21.9 Å². The van der Waals surface area contributed by atoms with Gasteiger partial charge in [0.1, 0.15) is 6.23 Å². The molecule has 0 aliphatic carbocycles. The molecule has 6 heteroatoms. The fourth-order valence-electron chi connectivity index (χ4n) is 4.23. The van der Waals surface area contributed by atoms with Crippen LogP contribution in [0.3, 0.4) is 0 Å². The van der Waals surface area contributed by atoms with Crippen molar-refractivity contribution in [3.05, 3.63) is 69.8 Å². The van der Waals surface area contributed by atoms with Gasteiger partial charge in [-0.2, -0.15) is 0 Å². The third-order valence-corrected chi connectivity index (χ3v) is 5.61. The average Bonchev–Trinajstić information content (AvgIpc) is 2.75. The molecule has 2 aliphatic rings. The highest BCUT2D eigenvalue weighted by molar-refractivity contribution is 5.59. The van der Waals surface area contributed by atoms with Crippen LogP contribution in [0.2, 0.25) is 0 Å². The van der Waals surface area contributed by atoms with Crippen LogP contribution in [0.4, 0.5) is 11.4 Å². The smallest absolute Gasteiger partial charge is 0.270 e. The van der Waals surface area contributed by atoms with Gasteiger partial charge in [0.25, 0.3) is 5.69 Å². The Morgan fingerprint density at radius 2 is 1.79 bits per heavy atom. The predicted octanol–water partition coefficient (Wildman–Crippen LogP) is 4.51. The van der Waals surface area contributed by atoms with E-state index in [0.29, 0.717) is 6.61 Å². The van der Waals surface area contributed by atoms with Gasteiger partial charge in [0.05, 0.1) is 11.5 Å². The Kier molecular flexibility index (Phi) is 5.88. The Hall–Kier alpha value is -2.44. The van der Waals surface area contributed by atoms with Crippen LogP contribution in [0.25, 0.3) is 0 Å². The molecule has 2 aliphatic heterocycles. The SMILES string of the molecule is O=[N+]([O-])c1ccc(N2CCCCC2)c([C@@H]2OCCCN2Cc2ccccc2)c1. The van der Waals surface area contributed by atoms with Crippen molar-refractivity contribution < 1.29 is 9.66 Å². The van der Waals surface area contributed by atoms with Gasteiger partial charge >= 0.3 is 0 Å². The Morgan fingerprint density at radius 3 is 2.54 bits per heavy atom. The van der Waals surface area contributed by atoms with Crippen molar-refractivity contribution in [1.82, 2.24) is 4.90 Å². The normalized spacial score (nSPS) is 20.9. The van der Waals surface area contributed by atoms with Crippen molar-refractivity contribution in [2.45, 2.75) is 38.5 Å². The fraction of sp³-hybridized carbons (Fsp3) is 0.455. The summed E-state index contributed by atoms with van der Waals surface area (Å²) < 4.78 is 6.19. The maximum absolute atomic E-state index is 11.4. The molecule has 6 nitrogen and oxygen atoms in total. The molecule has 0 aromatic heterocycles. The van der Waals surface area contributed by atoms with Gasteiger partial charge in [-0.15, -0.1) is 0 Å². The van der Waals surface area contributed by atoms with E-state index in [1.165, 1.54) is 12.0 Å². The number of nitro groups is 1. The minimum Gasteiger partial charge on any atom is -0.371 e. The third kappa shape index (κ3) is 4.18. The molecule has 0 amide bonds. The summed E-state index contributed by atoms with van der Waals surface area (Å²) in [5, 5.41) is 11.4. The minimum absolute atomic E-state index is 0.129. The number of non-ortho nitro benzene ring substituents is 1. The molecular weight excluding hydrogens is 354 g/mol. The summed E-state index contributed by atoms with van der Waals surface area (Å²) in [5.74, 6) is 0. The van der Waals surface area contributed by atoms with Crippen LogP contribution in [-0.2, 0) is 11.3 Å². The molecule has 0 bridgehead atoms. The molecule has 2 saturated heterocycles. The van der Waals surface area contributed by atoms with Crippen molar-refractivity contribution in [2.24, 2.45) is 0 Å². The first-order chi connectivity index (χ1) is 13.7. The van der Waals surface area contributed by atoms with Gasteiger partial charge in [-0.3, -0.25) is 15.0 Å². The topological polar surface area (TPSA) is 58.9 Å². The quantitative estimate of drug-likeness (QED) is 0.563. The molecule has 0 unspecified atom stereocenters. The number of rotatable bonds is 5. The van der Waals surface area contributed by atoms with E-state index in [-0.39, 0.29) is 16.8 Å². The van der Waals surface area contributed by atoms with Crippen LogP contribution in [0.15, 0.2) is 48.5 Å². The highest BCUT2D eigenvalue weighted by atomic mass is 16.6. The van der Waals surface area contributed by atoms with E-state index in [1.807, 2.05) is 24.3 Å². The van der Waals surface area contributed by atoms with E-state index in [0.717, 1.165) is 56.7 Å². The molecule has 0 saturated carbocycles. The molecule has 0 N–H and O–H groups in total. The summed E-state index contributed by atoms with van der Waals surface area (Å²) in [6, 6.07) is 15.6. The molecular formula is C22H27N3O3. The zero-order valence-corrected chi connectivity index (χ0v) is 16.1. The van der Waals surface area contributed by atoms with Crippen LogP contribution >= 0.6 is 0 Å². The number of nitrogens with zero attached hydrogens (tertiary/aromatic N) is 3. The average molecular weight is 381 g/mol. The lowest BCUT2D eigenvalue weighted by molar-refractivity contribution is -0.385. The van der Waals surface area contributed by atoms with Gasteiger partial charge in [0.2, 0.25) is 0 Å². The van der Waals surface area contributed by atoms with E-state index < -0.39 is 0 Å². The second-order valence-corrected chi connectivity index (χ2v) is 7.58. The van der Waals surface area contributed by atoms with Crippen LogP contribution in [-0.4, -0.2) is 36.1 Å². The Bertz CT molecular complexity index is 806. The van der Waals surface area contributed by atoms with Crippen molar-refractivity contribution >= 4 is 11.4 Å². The highest BCUT2D eigenvalue weighted by Gasteiger charge is 2.30. The molecule has 2 aromatic carbocycles. The zero-order chi connectivity index (χ0) is 19.3. The molecule has 2 heterocycles. The van der Waals surface area contributed by atoms with Gasteiger partial charge in [-0.05, 0) is 37.3 Å². The van der Waals surface area contributed by atoms with E-state index in [1.54, 1.807) is 12.1 Å². The lowest BCUT2D eigenvalue weighted by atomic mass is 10.0. The van der Waals surface area contributed by atoms with Crippen molar-refractivity contribution in [2.75, 3.05) is 31.1 Å². The maximum atomic E-state index is 11.4. The lowest BCUT2D eigenvalue weighted by Crippen LogP contribution is -2.38. The predicted molar refractivity (Wildman–Crippen MR) is 109 cm³/mol. The third-order valence-electron chi connectivity index (χ3n) is 5.61. The number of hydrogen-bond acceptors (Lipinski definition) is 5. The van der Waals surface area contributed by atoms with Crippen molar-refractivity contribution in [3.8, 4) is 0 Å². The molecule has 0 spiro atoms. The summed E-state index contributed by atoms with van der Waals surface area (Å²) in [6.07, 6.45) is 4.28. The minimum atomic E-state index is -0.312. The number of ether oxygens (including phenoxy) is 1. The standard InChI is InChI=1S/C22H27N3O3/c26-25(27)19-10-11-21(23-12-5-2-6-13-23)20(16-19)22-24(14-7-15-28-22)17-18-8-3-1-4-9-18/h1,3-4,8-11,16,22H,2,5-7,12-15,17H2/t22-/m0/s1. The second kappa shape index (κ2) is 8.71. The summed E-state index contributed by atoms with van der Waals surface area (Å²) in [7, 11) is 0. The van der Waals surface area contributed by atoms with E-state index in [9.17, 15) is 10.1 Å². The summed E-state index contributed by atoms with van der Waals surface area (Å²) in [5.41, 5.74) is 3.36. The van der Waals surface area contributed by atoms with Gasteiger partial charge in [-0.1, -0.05) is 30.3 Å². The second-order valence-electron chi connectivity index (χ2n) is 7.58. The maximum Gasteiger partial charge on any atom is 0.270 e. The lowest BCUT2D eigenvalue weighted by Gasteiger charge is -2.39. The monoisotopic (exact) mass is 381 g/mol. The summed E-state index contributed by atoms with van der Waals surface area (Å²) in [4.78, 5) is 15.8. The molecule has 28 heavy (non-hydrogen) atoms. The summed E-state index contributed by atoms with van der Waals surface area (Å²) in [6.45, 7) is 4.36. The van der Waals surface area contributed by atoms with Crippen LogP contribution in [0.1, 0.15) is 43.0 Å². The molecule has 1 atom stereocenters. The summed E-state index contributed by atoms with van der Waals surface area (Å²) >= 11 is 0. The largest absolute Gasteiger partial charge is 0.371 e. The van der Waals surface area contributed by atoms with Gasteiger partial charge < -0.3 is 9.64 Å². The number of benzene rings is 2. The highest BCUT2D eigenvalue weighted by Crippen LogP contribution is 2.37. The first-order valence-electron chi connectivity index (χ1n) is 10.2. The van der Waals surface area contributed by atoms with Crippen molar-refractivity contribution in [1.29, 1.82) is 0 Å². The van der Waals surface area contributed by atoms with Gasteiger partial charge in [-0.25, -0.2) is 0 Å².